The Morgan fingerprint density at radius 1 is 1.45 bits per heavy atom. The number of halogens is 1. The van der Waals surface area contributed by atoms with Gasteiger partial charge in [0.05, 0.1) is 6.67 Å². The molecular weight excluding hydrogens is 143 g/mol. The van der Waals surface area contributed by atoms with E-state index in [1.807, 2.05) is 14.1 Å². The molecule has 0 fully saturated rings. The van der Waals surface area contributed by atoms with Crippen molar-refractivity contribution in [2.45, 2.75) is 19.4 Å². The first-order valence-corrected chi connectivity index (χ1v) is 4.11. The van der Waals surface area contributed by atoms with E-state index in [-0.39, 0.29) is 6.67 Å². The molecule has 1 unspecified atom stereocenters. The molecule has 0 aromatic rings. The monoisotopic (exact) mass is 162 g/mol. The van der Waals surface area contributed by atoms with Crippen LogP contribution >= 0.6 is 0 Å². The third-order valence-corrected chi connectivity index (χ3v) is 1.44. The van der Waals surface area contributed by atoms with E-state index in [1.54, 1.807) is 0 Å². The summed E-state index contributed by atoms with van der Waals surface area (Å²) >= 11 is 0. The van der Waals surface area contributed by atoms with Gasteiger partial charge in [-0.25, -0.2) is 0 Å². The molecule has 3 heteroatoms. The second-order valence-corrected chi connectivity index (χ2v) is 3.16. The minimum atomic E-state index is -0.221. The number of alkyl halides is 1. The molecule has 68 valence electrons. The summed E-state index contributed by atoms with van der Waals surface area (Å²) in [5.74, 6) is 0. The quantitative estimate of drug-likeness (QED) is 0.583. The predicted molar refractivity (Wildman–Crippen MR) is 46.6 cm³/mol. The van der Waals surface area contributed by atoms with E-state index in [0.717, 1.165) is 13.1 Å². The van der Waals surface area contributed by atoms with Crippen LogP contribution in [0, 0.1) is 0 Å². The maximum absolute atomic E-state index is 11.7. The van der Waals surface area contributed by atoms with E-state index in [4.69, 9.17) is 0 Å². The Hall–Kier alpha value is -0.150. The van der Waals surface area contributed by atoms with Crippen molar-refractivity contribution in [3.8, 4) is 0 Å². The van der Waals surface area contributed by atoms with Crippen molar-refractivity contribution < 1.29 is 4.39 Å². The van der Waals surface area contributed by atoms with Crippen LogP contribution in [0.15, 0.2) is 0 Å². The maximum Gasteiger partial charge on any atom is 0.0906 e. The van der Waals surface area contributed by atoms with Gasteiger partial charge in [-0.3, -0.25) is 4.39 Å². The lowest BCUT2D eigenvalue weighted by atomic mass is 10.3. The molecule has 0 aliphatic carbocycles. The van der Waals surface area contributed by atoms with Crippen LogP contribution in [0.4, 0.5) is 4.39 Å². The van der Waals surface area contributed by atoms with E-state index < -0.39 is 0 Å². The summed E-state index contributed by atoms with van der Waals surface area (Å²) in [6.07, 6.45) is 0.623. The van der Waals surface area contributed by atoms with Crippen molar-refractivity contribution in [3.63, 3.8) is 0 Å². The zero-order chi connectivity index (χ0) is 8.69. The lowest BCUT2D eigenvalue weighted by Gasteiger charge is -2.17. The van der Waals surface area contributed by atoms with Gasteiger partial charge in [0, 0.05) is 12.6 Å². The van der Waals surface area contributed by atoms with Crippen LogP contribution in [0.3, 0.4) is 0 Å². The van der Waals surface area contributed by atoms with Gasteiger partial charge in [-0.1, -0.05) is 0 Å². The van der Waals surface area contributed by atoms with Crippen LogP contribution in [-0.4, -0.2) is 44.8 Å². The Kier molecular flexibility index (Phi) is 6.46. The topological polar surface area (TPSA) is 15.3 Å². The Bertz CT molecular complexity index is 86.2. The van der Waals surface area contributed by atoms with Gasteiger partial charge < -0.3 is 10.2 Å². The minimum absolute atomic E-state index is 0.221. The first kappa shape index (κ1) is 10.8. The van der Waals surface area contributed by atoms with Gasteiger partial charge in [0.25, 0.3) is 0 Å². The van der Waals surface area contributed by atoms with Crippen molar-refractivity contribution in [1.29, 1.82) is 0 Å². The highest BCUT2D eigenvalue weighted by Gasteiger charge is 2.00. The second kappa shape index (κ2) is 6.55. The summed E-state index contributed by atoms with van der Waals surface area (Å²) in [5, 5.41) is 3.23. The largest absolute Gasteiger partial charge is 0.313 e. The molecule has 0 saturated carbocycles. The standard InChI is InChI=1S/C8H19FN2/c1-8(7-11(2)3)10-6-4-5-9/h8,10H,4-7H2,1-3H3. The van der Waals surface area contributed by atoms with Crippen molar-refractivity contribution in [3.05, 3.63) is 0 Å². The molecule has 11 heavy (non-hydrogen) atoms. The fourth-order valence-corrected chi connectivity index (χ4v) is 1.03. The van der Waals surface area contributed by atoms with Gasteiger partial charge in [-0.2, -0.15) is 0 Å². The molecule has 1 atom stereocenters. The van der Waals surface area contributed by atoms with Crippen molar-refractivity contribution >= 4 is 0 Å². The predicted octanol–water partition coefficient (Wildman–Crippen LogP) is 0.886. The molecule has 0 spiro atoms. The van der Waals surface area contributed by atoms with Crippen LogP contribution in [0.5, 0.6) is 0 Å². The molecule has 0 aliphatic heterocycles. The second-order valence-electron chi connectivity index (χ2n) is 3.16. The summed E-state index contributed by atoms with van der Waals surface area (Å²) in [6.45, 7) is 3.68. The zero-order valence-corrected chi connectivity index (χ0v) is 7.73. The Balaban J connectivity index is 3.15. The molecule has 0 saturated heterocycles. The van der Waals surface area contributed by atoms with Crippen molar-refractivity contribution in [2.75, 3.05) is 33.9 Å². The summed E-state index contributed by atoms with van der Waals surface area (Å²) in [5.41, 5.74) is 0. The SMILES string of the molecule is CC(CN(C)C)NCCCF. The van der Waals surface area contributed by atoms with E-state index in [2.05, 4.69) is 17.1 Å². The Morgan fingerprint density at radius 2 is 2.09 bits per heavy atom. The Labute approximate surface area is 68.8 Å². The highest BCUT2D eigenvalue weighted by molar-refractivity contribution is 4.62. The number of likely N-dealkylation sites (N-methyl/N-ethyl adjacent to an activating group) is 1. The number of rotatable bonds is 6. The fraction of sp³-hybridized carbons (Fsp3) is 1.00. The fourth-order valence-electron chi connectivity index (χ4n) is 1.03. The van der Waals surface area contributed by atoms with Crippen LogP contribution in [0.1, 0.15) is 13.3 Å². The van der Waals surface area contributed by atoms with Crippen LogP contribution in [-0.2, 0) is 0 Å². The average molecular weight is 162 g/mol. The van der Waals surface area contributed by atoms with Gasteiger partial charge in [0.1, 0.15) is 0 Å². The summed E-state index contributed by atoms with van der Waals surface area (Å²) in [4.78, 5) is 2.12. The molecule has 1 N–H and O–H groups in total. The lowest BCUT2D eigenvalue weighted by molar-refractivity contribution is 0.344. The summed E-state index contributed by atoms with van der Waals surface area (Å²) in [6, 6.07) is 0.455. The normalized spacial score (nSPS) is 13.9. The van der Waals surface area contributed by atoms with Gasteiger partial charge in [-0.05, 0) is 34.0 Å². The van der Waals surface area contributed by atoms with Gasteiger partial charge >= 0.3 is 0 Å². The van der Waals surface area contributed by atoms with Crippen molar-refractivity contribution in [2.24, 2.45) is 0 Å². The third-order valence-electron chi connectivity index (χ3n) is 1.44. The zero-order valence-electron chi connectivity index (χ0n) is 7.73. The van der Waals surface area contributed by atoms with Crippen LogP contribution < -0.4 is 5.32 Å². The summed E-state index contributed by atoms with van der Waals surface area (Å²) in [7, 11) is 4.07. The molecule has 0 heterocycles. The van der Waals surface area contributed by atoms with Crippen LogP contribution in [0.25, 0.3) is 0 Å². The van der Waals surface area contributed by atoms with Crippen molar-refractivity contribution in [1.82, 2.24) is 10.2 Å². The third kappa shape index (κ3) is 7.75. The minimum Gasteiger partial charge on any atom is -0.313 e. The van der Waals surface area contributed by atoms with E-state index in [0.29, 0.717) is 12.5 Å². The molecule has 2 nitrogen and oxygen atoms in total. The van der Waals surface area contributed by atoms with Gasteiger partial charge in [0.2, 0.25) is 0 Å². The van der Waals surface area contributed by atoms with E-state index in [1.165, 1.54) is 0 Å². The smallest absolute Gasteiger partial charge is 0.0906 e. The Morgan fingerprint density at radius 3 is 2.55 bits per heavy atom. The number of nitrogens with zero attached hydrogens (tertiary/aromatic N) is 1. The van der Waals surface area contributed by atoms with Crippen LogP contribution in [0.2, 0.25) is 0 Å². The molecule has 0 aromatic carbocycles. The first-order chi connectivity index (χ1) is 5.16. The maximum atomic E-state index is 11.7. The highest BCUT2D eigenvalue weighted by atomic mass is 19.1. The molecule has 0 rings (SSSR count). The number of hydrogen-bond donors (Lipinski definition) is 1. The van der Waals surface area contributed by atoms with Gasteiger partial charge in [-0.15, -0.1) is 0 Å². The molecule has 0 radical (unpaired) electrons. The van der Waals surface area contributed by atoms with E-state index in [9.17, 15) is 4.39 Å². The number of nitrogens with one attached hydrogen (secondary N) is 1. The molecule has 0 aromatic heterocycles. The first-order valence-electron chi connectivity index (χ1n) is 4.11. The average Bonchev–Trinajstić information content (AvgIpc) is 1.86. The summed E-state index contributed by atoms with van der Waals surface area (Å²) < 4.78 is 11.7. The lowest BCUT2D eigenvalue weighted by Crippen LogP contribution is -2.36. The molecular formula is C8H19FN2. The van der Waals surface area contributed by atoms with Gasteiger partial charge in [0.15, 0.2) is 0 Å². The van der Waals surface area contributed by atoms with E-state index >= 15 is 0 Å². The molecule has 0 aliphatic rings. The number of hydrogen-bond acceptors (Lipinski definition) is 2. The molecule has 0 bridgehead atoms. The molecule has 0 amide bonds. The highest BCUT2D eigenvalue weighted by Crippen LogP contribution is 1.85.